The van der Waals surface area contributed by atoms with Crippen LogP contribution in [0.3, 0.4) is 0 Å². The van der Waals surface area contributed by atoms with Crippen LogP contribution in [0, 0.1) is 5.92 Å². The Balaban J connectivity index is 3.42. The van der Waals surface area contributed by atoms with E-state index in [1.807, 2.05) is 6.92 Å². The van der Waals surface area contributed by atoms with Gasteiger partial charge in [0.25, 0.3) is 0 Å². The molecular weight excluding hydrogens is 210 g/mol. The highest BCUT2D eigenvalue weighted by Gasteiger charge is 2.00. The summed E-state index contributed by atoms with van der Waals surface area (Å²) < 4.78 is 0. The second-order valence-electron chi connectivity index (χ2n) is 3.73. The van der Waals surface area contributed by atoms with E-state index in [9.17, 15) is 4.79 Å². The number of thiocarbonyl (C=S) groups is 1. The average Bonchev–Trinajstić information content (AvgIpc) is 2.15. The Labute approximate surface area is 97.2 Å². The van der Waals surface area contributed by atoms with Crippen LogP contribution in [-0.2, 0) is 4.79 Å². The van der Waals surface area contributed by atoms with Crippen molar-refractivity contribution in [2.24, 2.45) is 5.92 Å². The first-order valence-electron chi connectivity index (χ1n) is 5.34. The third kappa shape index (κ3) is 9.46. The van der Waals surface area contributed by atoms with E-state index < -0.39 is 0 Å². The first kappa shape index (κ1) is 14.2. The van der Waals surface area contributed by atoms with Crippen LogP contribution in [0.5, 0.6) is 0 Å². The number of nitrogens with one attached hydrogen (secondary N) is 3. The van der Waals surface area contributed by atoms with Crippen LogP contribution in [0.15, 0.2) is 0 Å². The van der Waals surface area contributed by atoms with E-state index in [0.29, 0.717) is 30.5 Å². The monoisotopic (exact) mass is 231 g/mol. The minimum Gasteiger partial charge on any atom is -0.362 e. The van der Waals surface area contributed by atoms with Gasteiger partial charge in [-0.05, 0) is 25.1 Å². The lowest BCUT2D eigenvalue weighted by molar-refractivity contribution is -0.120. The van der Waals surface area contributed by atoms with Crippen molar-refractivity contribution in [3.8, 4) is 0 Å². The van der Waals surface area contributed by atoms with Crippen LogP contribution in [0.2, 0.25) is 0 Å². The van der Waals surface area contributed by atoms with Gasteiger partial charge in [-0.2, -0.15) is 0 Å². The summed E-state index contributed by atoms with van der Waals surface area (Å²) in [7, 11) is 0. The molecule has 88 valence electrons. The zero-order valence-electron chi connectivity index (χ0n) is 9.72. The maximum atomic E-state index is 11.1. The van der Waals surface area contributed by atoms with Gasteiger partial charge in [-0.25, -0.2) is 0 Å². The van der Waals surface area contributed by atoms with Gasteiger partial charge in [0.2, 0.25) is 5.91 Å². The molecule has 0 aliphatic rings. The Morgan fingerprint density at radius 1 is 1.27 bits per heavy atom. The van der Waals surface area contributed by atoms with Crippen molar-refractivity contribution in [1.82, 2.24) is 16.0 Å². The van der Waals surface area contributed by atoms with Gasteiger partial charge in [-0.1, -0.05) is 13.8 Å². The largest absolute Gasteiger partial charge is 0.362 e. The highest BCUT2D eigenvalue weighted by Crippen LogP contribution is 1.86. The molecule has 0 aromatic heterocycles. The lowest BCUT2D eigenvalue weighted by Crippen LogP contribution is -2.39. The summed E-state index contributed by atoms with van der Waals surface area (Å²) in [5.41, 5.74) is 0. The molecule has 0 aliphatic carbocycles. The summed E-state index contributed by atoms with van der Waals surface area (Å²) in [6.07, 6.45) is 0.456. The van der Waals surface area contributed by atoms with E-state index in [2.05, 4.69) is 29.8 Å². The van der Waals surface area contributed by atoms with Crippen molar-refractivity contribution >= 4 is 23.2 Å². The molecule has 3 N–H and O–H groups in total. The second-order valence-corrected chi connectivity index (χ2v) is 4.14. The van der Waals surface area contributed by atoms with Crippen molar-refractivity contribution in [3.05, 3.63) is 0 Å². The predicted molar refractivity (Wildman–Crippen MR) is 66.7 cm³/mol. The molecule has 1 amide bonds. The molecule has 4 nitrogen and oxygen atoms in total. The highest BCUT2D eigenvalue weighted by atomic mass is 32.1. The molecule has 0 fully saturated rings. The summed E-state index contributed by atoms with van der Waals surface area (Å²) in [5, 5.41) is 9.41. The first-order chi connectivity index (χ1) is 7.06. The minimum absolute atomic E-state index is 0.0525. The molecule has 0 aliphatic heterocycles. The zero-order chi connectivity index (χ0) is 11.7. The maximum absolute atomic E-state index is 11.1. The molecule has 0 radical (unpaired) electrons. The molecule has 0 heterocycles. The van der Waals surface area contributed by atoms with Crippen molar-refractivity contribution in [2.45, 2.75) is 27.2 Å². The molecule has 5 heteroatoms. The van der Waals surface area contributed by atoms with E-state index in [-0.39, 0.29) is 5.91 Å². The van der Waals surface area contributed by atoms with Crippen LogP contribution in [-0.4, -0.2) is 30.7 Å². The predicted octanol–water partition coefficient (Wildman–Crippen LogP) is 0.633. The van der Waals surface area contributed by atoms with Crippen LogP contribution in [0.4, 0.5) is 0 Å². The Kier molecular flexibility index (Phi) is 7.99. The van der Waals surface area contributed by atoms with Gasteiger partial charge in [0, 0.05) is 26.1 Å². The lowest BCUT2D eigenvalue weighted by Gasteiger charge is -2.11. The molecule has 0 bridgehead atoms. The minimum atomic E-state index is 0.0525. The number of rotatable bonds is 6. The van der Waals surface area contributed by atoms with Gasteiger partial charge < -0.3 is 16.0 Å². The third-order valence-electron chi connectivity index (χ3n) is 1.68. The van der Waals surface area contributed by atoms with Gasteiger partial charge in [0.05, 0.1) is 0 Å². The van der Waals surface area contributed by atoms with Crippen molar-refractivity contribution in [3.63, 3.8) is 0 Å². The summed E-state index contributed by atoms with van der Waals surface area (Å²) in [6, 6.07) is 0. The number of hydrogen-bond acceptors (Lipinski definition) is 2. The number of hydrogen-bond donors (Lipinski definition) is 3. The first-order valence-corrected chi connectivity index (χ1v) is 5.75. The van der Waals surface area contributed by atoms with E-state index in [1.165, 1.54) is 0 Å². The Morgan fingerprint density at radius 2 is 1.93 bits per heavy atom. The number of carbonyl (C=O) groups excluding carboxylic acids is 1. The van der Waals surface area contributed by atoms with Crippen LogP contribution < -0.4 is 16.0 Å². The quantitative estimate of drug-likeness (QED) is 0.587. The summed E-state index contributed by atoms with van der Waals surface area (Å²) in [5.74, 6) is 0.616. The average molecular weight is 231 g/mol. The van der Waals surface area contributed by atoms with Gasteiger partial charge in [-0.3, -0.25) is 4.79 Å². The van der Waals surface area contributed by atoms with E-state index in [1.54, 1.807) is 0 Å². The van der Waals surface area contributed by atoms with E-state index >= 15 is 0 Å². The molecular formula is C10H21N3OS. The SMILES string of the molecule is CCNC(=O)CCNC(=S)NCC(C)C. The van der Waals surface area contributed by atoms with Crippen molar-refractivity contribution in [1.29, 1.82) is 0 Å². The normalized spacial score (nSPS) is 9.87. The van der Waals surface area contributed by atoms with Crippen molar-refractivity contribution < 1.29 is 4.79 Å². The fraction of sp³-hybridized carbons (Fsp3) is 0.800. The number of carbonyl (C=O) groups is 1. The van der Waals surface area contributed by atoms with Crippen LogP contribution in [0.1, 0.15) is 27.2 Å². The van der Waals surface area contributed by atoms with E-state index in [4.69, 9.17) is 12.2 Å². The zero-order valence-corrected chi connectivity index (χ0v) is 10.5. The molecule has 0 unspecified atom stereocenters. The Morgan fingerprint density at radius 3 is 2.47 bits per heavy atom. The molecule has 0 aromatic carbocycles. The fourth-order valence-electron chi connectivity index (χ4n) is 0.934. The Bertz CT molecular complexity index is 207. The smallest absolute Gasteiger partial charge is 0.221 e. The van der Waals surface area contributed by atoms with Crippen molar-refractivity contribution in [2.75, 3.05) is 19.6 Å². The second kappa shape index (κ2) is 8.47. The molecule has 0 rings (SSSR count). The standard InChI is InChI=1S/C10H21N3OS/c1-4-11-9(14)5-6-12-10(15)13-7-8(2)3/h8H,4-7H2,1-3H3,(H,11,14)(H2,12,13,15). The molecule has 15 heavy (non-hydrogen) atoms. The molecule has 0 spiro atoms. The molecule has 0 saturated carbocycles. The van der Waals surface area contributed by atoms with Crippen LogP contribution in [0.25, 0.3) is 0 Å². The summed E-state index contributed by atoms with van der Waals surface area (Å²) in [6.45, 7) is 8.24. The molecule has 0 aromatic rings. The van der Waals surface area contributed by atoms with Crippen LogP contribution >= 0.6 is 12.2 Å². The van der Waals surface area contributed by atoms with Gasteiger partial charge >= 0.3 is 0 Å². The van der Waals surface area contributed by atoms with Gasteiger partial charge in [-0.15, -0.1) is 0 Å². The number of amides is 1. The topological polar surface area (TPSA) is 53.2 Å². The van der Waals surface area contributed by atoms with E-state index in [0.717, 1.165) is 6.54 Å². The summed E-state index contributed by atoms with van der Waals surface area (Å²) >= 11 is 5.04. The Hall–Kier alpha value is -0.840. The van der Waals surface area contributed by atoms with Gasteiger partial charge in [0.1, 0.15) is 0 Å². The lowest BCUT2D eigenvalue weighted by atomic mass is 10.2. The highest BCUT2D eigenvalue weighted by molar-refractivity contribution is 7.80. The fourth-order valence-corrected chi connectivity index (χ4v) is 1.12. The maximum Gasteiger partial charge on any atom is 0.221 e. The third-order valence-corrected chi connectivity index (χ3v) is 1.97. The summed E-state index contributed by atoms with van der Waals surface area (Å²) in [4.78, 5) is 11.1. The molecule has 0 saturated heterocycles. The van der Waals surface area contributed by atoms with Gasteiger partial charge in [0.15, 0.2) is 5.11 Å². The molecule has 0 atom stereocenters.